The molecule has 6 heteroatoms. The summed E-state index contributed by atoms with van der Waals surface area (Å²) in [6, 6.07) is 72.9. The molecule has 0 bridgehead atoms. The number of hydrogen-bond donors (Lipinski definition) is 0. The first-order chi connectivity index (χ1) is 30.8. The molecule has 13 rings (SSSR count). The monoisotopic (exact) mass is 810 g/mol. The van der Waals surface area contributed by atoms with Gasteiger partial charge in [-0.3, -0.25) is 4.57 Å². The minimum atomic E-state index is 0.624. The maximum absolute atomic E-state index is 7.17. The number of nitrogens with zero attached hydrogens (tertiary/aromatic N) is 4. The van der Waals surface area contributed by atoms with Crippen LogP contribution in [0.4, 0.5) is 17.1 Å². The smallest absolute Gasteiger partial charge is 0.235 e. The van der Waals surface area contributed by atoms with Gasteiger partial charge >= 0.3 is 0 Å². The molecule has 4 aromatic heterocycles. The van der Waals surface area contributed by atoms with Gasteiger partial charge in [-0.25, -0.2) is 9.97 Å². The minimum Gasteiger partial charge on any atom is -0.455 e. The molecular formula is C56H34N4OS. The van der Waals surface area contributed by atoms with Crippen molar-refractivity contribution in [2.75, 3.05) is 4.90 Å². The second-order valence-electron chi connectivity index (χ2n) is 15.7. The number of thiophene rings is 1. The van der Waals surface area contributed by atoms with E-state index in [-0.39, 0.29) is 0 Å². The third-order valence-corrected chi connectivity index (χ3v) is 13.4. The fourth-order valence-corrected chi connectivity index (χ4v) is 10.6. The van der Waals surface area contributed by atoms with Crippen LogP contribution >= 0.6 is 11.3 Å². The van der Waals surface area contributed by atoms with Crippen molar-refractivity contribution < 1.29 is 4.42 Å². The molecule has 0 aliphatic carbocycles. The van der Waals surface area contributed by atoms with Crippen LogP contribution in [0.3, 0.4) is 0 Å². The van der Waals surface area contributed by atoms with Gasteiger partial charge in [0.05, 0.1) is 38.0 Å². The third kappa shape index (κ3) is 5.27. The molecule has 0 amide bonds. The van der Waals surface area contributed by atoms with Crippen LogP contribution in [0.5, 0.6) is 0 Å². The van der Waals surface area contributed by atoms with E-state index < -0.39 is 0 Å². The molecule has 0 N–H and O–H groups in total. The summed E-state index contributed by atoms with van der Waals surface area (Å²) < 4.78 is 11.7. The quantitative estimate of drug-likeness (QED) is 0.168. The lowest BCUT2D eigenvalue weighted by atomic mass is 10.00. The first-order valence-electron chi connectivity index (χ1n) is 20.8. The summed E-state index contributed by atoms with van der Waals surface area (Å²) in [6.07, 6.45) is 0. The molecule has 0 atom stereocenters. The zero-order valence-corrected chi connectivity index (χ0v) is 34.1. The van der Waals surface area contributed by atoms with Crippen LogP contribution < -0.4 is 4.90 Å². The van der Waals surface area contributed by atoms with Gasteiger partial charge in [0.25, 0.3) is 0 Å². The van der Waals surface area contributed by atoms with E-state index in [1.807, 2.05) is 0 Å². The van der Waals surface area contributed by atoms with E-state index in [1.54, 1.807) is 11.3 Å². The topological polar surface area (TPSA) is 47.1 Å². The van der Waals surface area contributed by atoms with E-state index in [2.05, 4.69) is 216 Å². The van der Waals surface area contributed by atoms with E-state index >= 15 is 0 Å². The average Bonchev–Trinajstić information content (AvgIpc) is 4.02. The molecule has 0 spiro atoms. The number of furan rings is 1. The predicted octanol–water partition coefficient (Wildman–Crippen LogP) is 15.8. The highest BCUT2D eigenvalue weighted by Gasteiger charge is 2.25. The molecule has 62 heavy (non-hydrogen) atoms. The highest BCUT2D eigenvalue weighted by atomic mass is 32.1. The van der Waals surface area contributed by atoms with E-state index in [4.69, 9.17) is 14.4 Å². The highest BCUT2D eigenvalue weighted by Crippen LogP contribution is 2.47. The van der Waals surface area contributed by atoms with E-state index in [9.17, 15) is 0 Å². The largest absolute Gasteiger partial charge is 0.455 e. The summed E-state index contributed by atoms with van der Waals surface area (Å²) in [4.78, 5) is 13.3. The van der Waals surface area contributed by atoms with Crippen molar-refractivity contribution in [3.63, 3.8) is 0 Å². The lowest BCUT2D eigenvalue weighted by Gasteiger charge is -2.26. The minimum absolute atomic E-state index is 0.624. The van der Waals surface area contributed by atoms with Crippen LogP contribution in [-0.2, 0) is 0 Å². The van der Waals surface area contributed by atoms with Gasteiger partial charge in [-0.2, -0.15) is 0 Å². The SMILES string of the molecule is c1ccc(-c2ccc(-c3nc(-n4c5ccccc5c5c6oc7cc(N(c8ccccc8)c8ccccc8)c8ccccc8c7c6ccc54)nc4c3sc3ccccc34)cc2)cc1. The zero-order chi connectivity index (χ0) is 40.7. The molecule has 4 heterocycles. The summed E-state index contributed by atoms with van der Waals surface area (Å²) in [5.41, 5.74) is 12.2. The fourth-order valence-electron chi connectivity index (χ4n) is 9.44. The number of fused-ring (bicyclic) bond motifs is 12. The number of hydrogen-bond acceptors (Lipinski definition) is 5. The average molecular weight is 811 g/mol. The summed E-state index contributed by atoms with van der Waals surface area (Å²) in [5.74, 6) is 0.624. The Labute approximate surface area is 360 Å². The maximum atomic E-state index is 7.17. The van der Waals surface area contributed by atoms with Gasteiger partial charge in [0.15, 0.2) is 0 Å². The highest BCUT2D eigenvalue weighted by molar-refractivity contribution is 7.26. The Hall–Kier alpha value is -8.06. The lowest BCUT2D eigenvalue weighted by molar-refractivity contribution is 0.673. The summed E-state index contributed by atoms with van der Waals surface area (Å²) >= 11 is 1.75. The molecule has 0 aliphatic heterocycles. The van der Waals surface area contributed by atoms with Crippen molar-refractivity contribution >= 4 is 103 Å². The summed E-state index contributed by atoms with van der Waals surface area (Å²) in [6.45, 7) is 0. The van der Waals surface area contributed by atoms with E-state index in [0.717, 1.165) is 98.4 Å². The van der Waals surface area contributed by atoms with Crippen molar-refractivity contribution in [3.8, 4) is 28.3 Å². The molecule has 0 saturated heterocycles. The maximum Gasteiger partial charge on any atom is 0.235 e. The number of aromatic nitrogens is 3. The van der Waals surface area contributed by atoms with E-state index in [0.29, 0.717) is 5.95 Å². The second-order valence-corrected chi connectivity index (χ2v) is 16.8. The predicted molar refractivity (Wildman–Crippen MR) is 260 cm³/mol. The van der Waals surface area contributed by atoms with Crippen molar-refractivity contribution in [2.24, 2.45) is 0 Å². The van der Waals surface area contributed by atoms with Gasteiger partial charge in [-0.15, -0.1) is 11.3 Å². The summed E-state index contributed by atoms with van der Waals surface area (Å²) in [7, 11) is 0. The van der Waals surface area contributed by atoms with Crippen LogP contribution in [0, 0.1) is 0 Å². The molecule has 0 saturated carbocycles. The molecule has 0 aliphatic rings. The van der Waals surface area contributed by atoms with Gasteiger partial charge in [-0.1, -0.05) is 152 Å². The summed E-state index contributed by atoms with van der Waals surface area (Å²) in [5, 5.41) is 7.70. The van der Waals surface area contributed by atoms with Gasteiger partial charge in [0.1, 0.15) is 11.2 Å². The fraction of sp³-hybridized carbons (Fsp3) is 0. The Morgan fingerprint density at radius 2 is 1.05 bits per heavy atom. The van der Waals surface area contributed by atoms with Crippen molar-refractivity contribution in [1.82, 2.24) is 14.5 Å². The van der Waals surface area contributed by atoms with Crippen LogP contribution in [0.15, 0.2) is 211 Å². The van der Waals surface area contributed by atoms with Crippen molar-refractivity contribution in [2.45, 2.75) is 0 Å². The van der Waals surface area contributed by atoms with Gasteiger partial charge in [0, 0.05) is 54.6 Å². The number of para-hydroxylation sites is 3. The number of anilines is 3. The van der Waals surface area contributed by atoms with Gasteiger partial charge in [0.2, 0.25) is 5.95 Å². The number of rotatable bonds is 6. The Balaban J connectivity index is 1.07. The van der Waals surface area contributed by atoms with Gasteiger partial charge < -0.3 is 9.32 Å². The second kappa shape index (κ2) is 13.7. The van der Waals surface area contributed by atoms with Crippen LogP contribution in [-0.4, -0.2) is 14.5 Å². The van der Waals surface area contributed by atoms with Crippen molar-refractivity contribution in [3.05, 3.63) is 206 Å². The number of benzene rings is 9. The first kappa shape index (κ1) is 34.8. The van der Waals surface area contributed by atoms with Crippen molar-refractivity contribution in [1.29, 1.82) is 0 Å². The molecule has 0 radical (unpaired) electrons. The molecular weight excluding hydrogens is 777 g/mol. The normalized spacial score (nSPS) is 11.9. The molecule has 0 unspecified atom stereocenters. The van der Waals surface area contributed by atoms with Crippen LogP contribution in [0.25, 0.3) is 103 Å². The van der Waals surface area contributed by atoms with E-state index in [1.165, 1.54) is 15.8 Å². The third-order valence-electron chi connectivity index (χ3n) is 12.2. The Morgan fingerprint density at radius 1 is 0.452 bits per heavy atom. The molecule has 13 aromatic rings. The standard InChI is InChI=1S/C56H34N4OS/c1-4-16-35(17-5-1)36-28-30-37(31-29-36)52-55-53(43-25-13-15-27-49(43)62-55)58-56(57-52)60-45-26-14-12-24-42(45)51-46(60)33-32-44-50-41-23-11-10-22-40(41)47(34-48(50)61-54(44)51)59(38-18-6-2-7-19-38)39-20-8-3-9-21-39/h1-34H. The Kier molecular flexibility index (Phi) is 7.71. The first-order valence-corrected chi connectivity index (χ1v) is 21.6. The molecule has 290 valence electrons. The Bertz CT molecular complexity index is 3810. The molecule has 0 fully saturated rings. The molecule has 5 nitrogen and oxygen atoms in total. The molecule has 9 aromatic carbocycles. The zero-order valence-electron chi connectivity index (χ0n) is 33.2. The van der Waals surface area contributed by atoms with Crippen LogP contribution in [0.1, 0.15) is 0 Å². The van der Waals surface area contributed by atoms with Gasteiger partial charge in [-0.05, 0) is 65.0 Å². The van der Waals surface area contributed by atoms with Crippen LogP contribution in [0.2, 0.25) is 0 Å². The Morgan fingerprint density at radius 3 is 1.79 bits per heavy atom. The lowest BCUT2D eigenvalue weighted by Crippen LogP contribution is -2.10.